The molecule has 10 heteroatoms. The highest BCUT2D eigenvalue weighted by atomic mass is 31.2. The Kier molecular flexibility index (Phi) is 4.62. The van der Waals surface area contributed by atoms with Crippen LogP contribution in [0.15, 0.2) is 59.5 Å². The lowest BCUT2D eigenvalue weighted by Crippen LogP contribution is -2.60. The third-order valence-corrected chi connectivity index (χ3v) is 9.58. The summed E-state index contributed by atoms with van der Waals surface area (Å²) in [5.41, 5.74) is 4.68. The first-order valence-electron chi connectivity index (χ1n) is 10.6. The van der Waals surface area contributed by atoms with Crippen LogP contribution in [-0.2, 0) is 34.0 Å². The molecule has 0 saturated heterocycles. The number of nitrogens with zero attached hydrogens (tertiary/aromatic N) is 3. The molecule has 0 unspecified atom stereocenters. The summed E-state index contributed by atoms with van der Waals surface area (Å²) >= 11 is 0. The van der Waals surface area contributed by atoms with Crippen LogP contribution < -0.4 is 15.5 Å². The Morgan fingerprint density at radius 1 is 0.941 bits per heavy atom. The monoisotopic (exact) mass is 478 g/mol. The second kappa shape index (κ2) is 7.03. The standard InChI is InChI=1S/C24H23N4O5P/c1-27-17-11-7-5-9-14(17)23(21(27)29)16(13-25)19(26)20(34(31,32-3)33-4)24(23)15-10-6-8-12-18(15)28(2)22(24)30/h5-12,16H,26H2,1-4H3/t16-,23-,24+/m0/s1. The molecule has 2 amide bonds. The molecule has 1 aliphatic carbocycles. The van der Waals surface area contributed by atoms with Gasteiger partial charge >= 0.3 is 7.60 Å². The van der Waals surface area contributed by atoms with Crippen LogP contribution in [0, 0.1) is 17.2 Å². The first-order chi connectivity index (χ1) is 16.2. The van der Waals surface area contributed by atoms with Crippen molar-refractivity contribution in [3.8, 4) is 6.07 Å². The van der Waals surface area contributed by atoms with Crippen LogP contribution in [0.2, 0.25) is 0 Å². The molecule has 9 nitrogen and oxygen atoms in total. The Morgan fingerprint density at radius 2 is 1.44 bits per heavy atom. The van der Waals surface area contributed by atoms with E-state index < -0.39 is 36.2 Å². The van der Waals surface area contributed by atoms with E-state index in [1.807, 2.05) is 0 Å². The first kappa shape index (κ1) is 22.4. The fraction of sp³-hybridized carbons (Fsp3) is 0.292. The quantitative estimate of drug-likeness (QED) is 0.672. The van der Waals surface area contributed by atoms with E-state index in [1.165, 1.54) is 24.0 Å². The number of hydrogen-bond donors (Lipinski definition) is 1. The maximum atomic E-state index is 14.4. The summed E-state index contributed by atoms with van der Waals surface area (Å²) in [5.74, 6) is -2.32. The average molecular weight is 478 g/mol. The van der Waals surface area contributed by atoms with Gasteiger partial charge in [0.2, 0.25) is 11.8 Å². The molecule has 0 bridgehead atoms. The van der Waals surface area contributed by atoms with Gasteiger partial charge in [-0.25, -0.2) is 0 Å². The largest absolute Gasteiger partial charge is 0.400 e. The van der Waals surface area contributed by atoms with Crippen molar-refractivity contribution in [2.75, 3.05) is 38.1 Å². The van der Waals surface area contributed by atoms with Gasteiger partial charge < -0.3 is 24.6 Å². The zero-order valence-electron chi connectivity index (χ0n) is 19.1. The summed E-state index contributed by atoms with van der Waals surface area (Å²) in [6.07, 6.45) is 0. The lowest BCUT2D eigenvalue weighted by atomic mass is 9.56. The maximum Gasteiger partial charge on any atom is 0.360 e. The molecule has 2 N–H and O–H groups in total. The van der Waals surface area contributed by atoms with E-state index in [2.05, 4.69) is 6.07 Å². The van der Waals surface area contributed by atoms with Gasteiger partial charge in [-0.05, 0) is 23.3 Å². The molecule has 0 fully saturated rings. The van der Waals surface area contributed by atoms with Crippen LogP contribution in [0.1, 0.15) is 11.1 Å². The molecule has 3 aliphatic rings. The summed E-state index contributed by atoms with van der Waals surface area (Å²) in [6.45, 7) is 0. The number of carbonyl (C=O) groups is 2. The van der Waals surface area contributed by atoms with E-state index >= 15 is 0 Å². The third kappa shape index (κ3) is 2.10. The van der Waals surface area contributed by atoms with Crippen molar-refractivity contribution in [2.45, 2.75) is 10.8 Å². The van der Waals surface area contributed by atoms with Crippen molar-refractivity contribution >= 4 is 30.8 Å². The lowest BCUT2D eigenvalue weighted by Gasteiger charge is -2.42. The Hall–Kier alpha value is -3.44. The summed E-state index contributed by atoms with van der Waals surface area (Å²) in [5, 5.41) is 10.3. The maximum absolute atomic E-state index is 14.4. The normalized spacial score (nSPS) is 27.7. The number of nitrogens with two attached hydrogens (primary N) is 1. The van der Waals surface area contributed by atoms with Crippen molar-refractivity contribution in [1.82, 2.24) is 0 Å². The molecule has 0 aromatic heterocycles. The van der Waals surface area contributed by atoms with Gasteiger partial charge in [0.05, 0.1) is 11.4 Å². The van der Waals surface area contributed by atoms with E-state index in [9.17, 15) is 19.4 Å². The Bertz CT molecular complexity index is 1390. The number of para-hydroxylation sites is 2. The average Bonchev–Trinajstić information content (AvgIpc) is 3.34. The Balaban J connectivity index is 2.06. The lowest BCUT2D eigenvalue weighted by molar-refractivity contribution is -0.133. The predicted octanol–water partition coefficient (Wildman–Crippen LogP) is 2.62. The predicted molar refractivity (Wildman–Crippen MR) is 125 cm³/mol. The van der Waals surface area contributed by atoms with Crippen LogP contribution >= 0.6 is 7.60 Å². The molecule has 0 radical (unpaired) electrons. The van der Waals surface area contributed by atoms with E-state index in [4.69, 9.17) is 14.8 Å². The molecule has 34 heavy (non-hydrogen) atoms. The van der Waals surface area contributed by atoms with Gasteiger partial charge in [0.15, 0.2) is 0 Å². The van der Waals surface area contributed by atoms with E-state index in [0.29, 0.717) is 22.5 Å². The summed E-state index contributed by atoms with van der Waals surface area (Å²) in [6, 6.07) is 16.1. The molecular weight excluding hydrogens is 455 g/mol. The number of benzene rings is 2. The van der Waals surface area contributed by atoms with Crippen molar-refractivity contribution in [2.24, 2.45) is 11.7 Å². The summed E-state index contributed by atoms with van der Waals surface area (Å²) in [4.78, 5) is 31.6. The highest BCUT2D eigenvalue weighted by molar-refractivity contribution is 7.58. The molecule has 2 heterocycles. The van der Waals surface area contributed by atoms with E-state index in [-0.39, 0.29) is 11.0 Å². The molecule has 3 atom stereocenters. The van der Waals surface area contributed by atoms with Crippen molar-refractivity contribution < 1.29 is 23.2 Å². The van der Waals surface area contributed by atoms with Crippen molar-refractivity contribution in [3.05, 3.63) is 70.7 Å². The van der Waals surface area contributed by atoms with Gasteiger partial charge in [-0.3, -0.25) is 14.2 Å². The number of fused-ring (bicyclic) bond motifs is 5. The SMILES string of the molecule is COP(=O)(OC)C1=C(N)[C@H](C#N)[C@@]2(C(=O)N(C)c3ccccc32)[C@@]12C(=O)N(C)c1ccccc12. The molecule has 2 aliphatic heterocycles. The van der Waals surface area contributed by atoms with Crippen molar-refractivity contribution in [1.29, 1.82) is 5.26 Å². The third-order valence-electron chi connectivity index (χ3n) is 7.47. The minimum Gasteiger partial charge on any atom is -0.400 e. The van der Waals surface area contributed by atoms with Crippen molar-refractivity contribution in [3.63, 3.8) is 0 Å². The minimum atomic E-state index is -4.22. The van der Waals surface area contributed by atoms with Gasteiger partial charge in [-0.2, -0.15) is 5.26 Å². The van der Waals surface area contributed by atoms with E-state index in [0.717, 1.165) is 0 Å². The zero-order valence-corrected chi connectivity index (χ0v) is 20.0. The van der Waals surface area contributed by atoms with Gasteiger partial charge in [-0.1, -0.05) is 36.4 Å². The molecule has 174 valence electrons. The smallest absolute Gasteiger partial charge is 0.360 e. The van der Waals surface area contributed by atoms with Crippen LogP contribution in [0.3, 0.4) is 0 Å². The molecule has 5 rings (SSSR count). The number of anilines is 2. The highest BCUT2D eigenvalue weighted by Gasteiger charge is 2.81. The number of likely N-dealkylation sites (N-methyl/N-ethyl adjacent to an activating group) is 2. The van der Waals surface area contributed by atoms with Gasteiger partial charge in [-0.15, -0.1) is 0 Å². The molecular formula is C24H23N4O5P. The second-order valence-corrected chi connectivity index (χ2v) is 10.7. The molecule has 2 aromatic rings. The van der Waals surface area contributed by atoms with Gasteiger partial charge in [0, 0.05) is 45.4 Å². The van der Waals surface area contributed by atoms with E-state index in [1.54, 1.807) is 62.6 Å². The molecule has 0 saturated carbocycles. The summed E-state index contributed by atoms with van der Waals surface area (Å²) in [7, 11) is 1.33. The van der Waals surface area contributed by atoms with Crippen LogP contribution in [0.5, 0.6) is 0 Å². The number of rotatable bonds is 3. The zero-order chi connectivity index (χ0) is 24.6. The van der Waals surface area contributed by atoms with Crippen LogP contribution in [0.4, 0.5) is 11.4 Å². The Morgan fingerprint density at radius 3 is 2.00 bits per heavy atom. The van der Waals surface area contributed by atoms with Gasteiger partial charge in [0.1, 0.15) is 16.7 Å². The number of hydrogen-bond acceptors (Lipinski definition) is 7. The number of carbonyl (C=O) groups excluding carboxylic acids is 2. The molecule has 2 aromatic carbocycles. The number of allylic oxidation sites excluding steroid dienone is 1. The topological polar surface area (TPSA) is 126 Å². The Labute approximate surface area is 196 Å². The fourth-order valence-electron chi connectivity index (χ4n) is 6.18. The minimum absolute atomic E-state index is 0.147. The first-order valence-corrected chi connectivity index (χ1v) is 12.1. The highest BCUT2D eigenvalue weighted by Crippen LogP contribution is 2.76. The summed E-state index contributed by atoms with van der Waals surface area (Å²) < 4.78 is 24.8. The van der Waals surface area contributed by atoms with Crippen LogP contribution in [0.25, 0.3) is 0 Å². The number of nitriles is 1. The molecule has 2 spiro atoms. The van der Waals surface area contributed by atoms with Crippen LogP contribution in [-0.4, -0.2) is 40.1 Å². The second-order valence-electron chi connectivity index (χ2n) is 8.55. The fourth-order valence-corrected chi connectivity index (χ4v) is 7.94. The van der Waals surface area contributed by atoms with Gasteiger partial charge in [0.25, 0.3) is 0 Å². The number of amides is 2.